The summed E-state index contributed by atoms with van der Waals surface area (Å²) in [5.74, 6) is 0.452. The summed E-state index contributed by atoms with van der Waals surface area (Å²) in [4.78, 5) is 8.00. The molecular weight excluding hydrogens is 370 g/mol. The highest BCUT2D eigenvalue weighted by Crippen LogP contribution is 2.18. The molecule has 6 heteroatoms. The van der Waals surface area contributed by atoms with Crippen LogP contribution >= 0.6 is 0 Å². The van der Waals surface area contributed by atoms with E-state index >= 15 is 0 Å². The molecule has 1 aromatic rings. The normalized spacial score (nSPS) is 13.7. The molecule has 1 aliphatic rings. The highest BCUT2D eigenvalue weighted by atomic mass is 16.6. The lowest BCUT2D eigenvalue weighted by Crippen LogP contribution is -2.21. The van der Waals surface area contributed by atoms with Gasteiger partial charge in [0.05, 0.1) is 25.9 Å². The van der Waals surface area contributed by atoms with Crippen molar-refractivity contribution in [1.29, 1.82) is 0 Å². The first kappa shape index (κ1) is 29.7. The molecule has 29 heavy (non-hydrogen) atoms. The molecule has 0 bridgehead atoms. The van der Waals surface area contributed by atoms with Gasteiger partial charge in [-0.3, -0.25) is 0 Å². The number of aliphatic hydroxyl groups is 2. The molecule has 0 amide bonds. The SMILES string of the molecule is C=O.CC1CO1.CCCCCCCCCc1ccccc1O.OCCNCCO. The lowest BCUT2D eigenvalue weighted by molar-refractivity contribution is -0.0980. The van der Waals surface area contributed by atoms with Crippen LogP contribution in [0.5, 0.6) is 5.75 Å². The zero-order valence-corrected chi connectivity index (χ0v) is 18.4. The van der Waals surface area contributed by atoms with Gasteiger partial charge in [0.25, 0.3) is 0 Å². The van der Waals surface area contributed by atoms with Gasteiger partial charge in [0, 0.05) is 13.1 Å². The van der Waals surface area contributed by atoms with Crippen LogP contribution in [0.15, 0.2) is 24.3 Å². The Morgan fingerprint density at radius 1 is 1.00 bits per heavy atom. The second kappa shape index (κ2) is 24.6. The fourth-order valence-corrected chi connectivity index (χ4v) is 2.37. The van der Waals surface area contributed by atoms with E-state index in [-0.39, 0.29) is 13.2 Å². The predicted molar refractivity (Wildman–Crippen MR) is 119 cm³/mol. The minimum absolute atomic E-state index is 0.139. The number of benzene rings is 1. The van der Waals surface area contributed by atoms with E-state index < -0.39 is 0 Å². The molecule has 1 unspecified atom stereocenters. The number of hydrogen-bond donors (Lipinski definition) is 4. The lowest BCUT2D eigenvalue weighted by atomic mass is 10.0. The smallest absolute Gasteiger partial charge is 0.118 e. The number of hydrogen-bond acceptors (Lipinski definition) is 6. The largest absolute Gasteiger partial charge is 0.508 e. The van der Waals surface area contributed by atoms with Crippen molar-refractivity contribution < 1.29 is 24.9 Å². The maximum absolute atomic E-state index is 9.58. The van der Waals surface area contributed by atoms with Crippen molar-refractivity contribution in [2.75, 3.05) is 32.9 Å². The van der Waals surface area contributed by atoms with Crippen molar-refractivity contribution in [3.63, 3.8) is 0 Å². The summed E-state index contributed by atoms with van der Waals surface area (Å²) in [6.07, 6.45) is 10.9. The number of aromatic hydroxyl groups is 1. The maximum atomic E-state index is 9.58. The van der Waals surface area contributed by atoms with Gasteiger partial charge >= 0.3 is 0 Å². The van der Waals surface area contributed by atoms with E-state index in [0.29, 0.717) is 24.9 Å². The number of nitrogens with one attached hydrogen (secondary N) is 1. The van der Waals surface area contributed by atoms with E-state index in [2.05, 4.69) is 19.2 Å². The molecule has 0 saturated carbocycles. The van der Waals surface area contributed by atoms with Crippen molar-refractivity contribution in [3.05, 3.63) is 29.8 Å². The first-order chi connectivity index (χ1) is 14.2. The third-order valence-electron chi connectivity index (χ3n) is 4.12. The Bertz CT molecular complexity index is 437. The highest BCUT2D eigenvalue weighted by Gasteiger charge is 2.13. The molecule has 6 nitrogen and oxygen atoms in total. The number of aryl methyl sites for hydroxylation is 1. The van der Waals surface area contributed by atoms with Gasteiger partial charge in [0.15, 0.2) is 0 Å². The van der Waals surface area contributed by atoms with Crippen LogP contribution in [-0.4, -0.2) is 61.1 Å². The number of phenols is 1. The van der Waals surface area contributed by atoms with E-state index in [0.717, 1.165) is 18.6 Å². The van der Waals surface area contributed by atoms with Gasteiger partial charge in [-0.05, 0) is 31.4 Å². The van der Waals surface area contributed by atoms with Crippen LogP contribution in [0.2, 0.25) is 0 Å². The third-order valence-corrected chi connectivity index (χ3v) is 4.12. The number of para-hydroxylation sites is 1. The Hall–Kier alpha value is -1.47. The van der Waals surface area contributed by atoms with Crippen LogP contribution in [0, 0.1) is 0 Å². The summed E-state index contributed by atoms with van der Waals surface area (Å²) in [6, 6.07) is 7.67. The first-order valence-electron chi connectivity index (χ1n) is 10.7. The minimum atomic E-state index is 0.139. The van der Waals surface area contributed by atoms with Crippen LogP contribution < -0.4 is 5.32 Å². The number of aliphatic hydroxyl groups excluding tert-OH is 2. The number of carbonyl (C=O) groups excluding carboxylic acids is 1. The van der Waals surface area contributed by atoms with Gasteiger partial charge in [0.2, 0.25) is 0 Å². The zero-order chi connectivity index (χ0) is 22.2. The molecule has 1 aromatic carbocycles. The number of rotatable bonds is 12. The predicted octanol–water partition coefficient (Wildman–Crippen LogP) is 3.47. The summed E-state index contributed by atoms with van der Waals surface area (Å²) in [5.41, 5.74) is 1.09. The summed E-state index contributed by atoms with van der Waals surface area (Å²) >= 11 is 0. The van der Waals surface area contributed by atoms with Gasteiger partial charge in [-0.25, -0.2) is 0 Å². The Morgan fingerprint density at radius 3 is 1.93 bits per heavy atom. The molecule has 0 aliphatic carbocycles. The molecule has 1 fully saturated rings. The second-order valence-electron chi connectivity index (χ2n) is 6.84. The number of unbranched alkanes of at least 4 members (excludes halogenated alkanes) is 6. The van der Waals surface area contributed by atoms with Gasteiger partial charge in [-0.1, -0.05) is 63.6 Å². The highest BCUT2D eigenvalue weighted by molar-refractivity contribution is 5.31. The summed E-state index contributed by atoms with van der Waals surface area (Å²) in [5, 5.41) is 28.7. The molecule has 1 heterocycles. The molecule has 1 saturated heterocycles. The number of carbonyl (C=O) groups is 1. The Morgan fingerprint density at radius 2 is 1.48 bits per heavy atom. The zero-order valence-electron chi connectivity index (χ0n) is 18.4. The van der Waals surface area contributed by atoms with Crippen LogP contribution in [-0.2, 0) is 16.0 Å². The van der Waals surface area contributed by atoms with E-state index in [1.54, 1.807) is 6.07 Å². The molecular formula is C23H43NO5. The quantitative estimate of drug-likeness (QED) is 0.309. The molecule has 170 valence electrons. The van der Waals surface area contributed by atoms with Crippen molar-refractivity contribution in [1.82, 2.24) is 5.32 Å². The van der Waals surface area contributed by atoms with E-state index in [1.165, 1.54) is 44.9 Å². The molecule has 2 rings (SSSR count). The third kappa shape index (κ3) is 24.5. The summed E-state index contributed by atoms with van der Waals surface area (Å²) in [7, 11) is 0. The maximum Gasteiger partial charge on any atom is 0.118 e. The number of phenolic OH excluding ortho intramolecular Hbond substituents is 1. The fraction of sp³-hybridized carbons (Fsp3) is 0.696. The summed E-state index contributed by atoms with van der Waals surface area (Å²) < 4.78 is 4.71. The van der Waals surface area contributed by atoms with E-state index in [4.69, 9.17) is 19.7 Å². The van der Waals surface area contributed by atoms with Crippen LogP contribution in [0.25, 0.3) is 0 Å². The Kier molecular flexibility index (Phi) is 25.2. The molecule has 0 radical (unpaired) electrons. The van der Waals surface area contributed by atoms with E-state index in [1.807, 2.05) is 25.0 Å². The average Bonchev–Trinajstić information content (AvgIpc) is 3.53. The summed E-state index contributed by atoms with van der Waals surface area (Å²) in [6.45, 7) is 8.71. The Balaban J connectivity index is 0. The first-order valence-corrected chi connectivity index (χ1v) is 10.7. The van der Waals surface area contributed by atoms with Crippen molar-refractivity contribution in [3.8, 4) is 5.75 Å². The average molecular weight is 414 g/mol. The Labute approximate surface area is 177 Å². The van der Waals surface area contributed by atoms with Crippen molar-refractivity contribution in [2.24, 2.45) is 0 Å². The standard InChI is InChI=1S/C15H24O.C4H11NO2.C3H6O.CH2O/c1-2-3-4-5-6-7-8-11-14-12-9-10-13-15(14)16;6-3-1-5-2-4-7;1-3-2-4-3;1-2/h9-10,12-13,16H,2-8,11H2,1H3;5-7H,1-4H2;3H,2H2,1H3;1H2. The number of ether oxygens (including phenoxy) is 1. The van der Waals surface area contributed by atoms with E-state index in [9.17, 15) is 5.11 Å². The van der Waals surface area contributed by atoms with Crippen molar-refractivity contribution >= 4 is 6.79 Å². The second-order valence-corrected chi connectivity index (χ2v) is 6.84. The topological polar surface area (TPSA) is 102 Å². The van der Waals surface area contributed by atoms with Crippen LogP contribution in [0.3, 0.4) is 0 Å². The molecule has 0 aromatic heterocycles. The monoisotopic (exact) mass is 413 g/mol. The van der Waals surface area contributed by atoms with Crippen LogP contribution in [0.4, 0.5) is 0 Å². The number of epoxide rings is 1. The van der Waals surface area contributed by atoms with Crippen LogP contribution in [0.1, 0.15) is 64.4 Å². The van der Waals surface area contributed by atoms with Gasteiger partial charge in [0.1, 0.15) is 12.5 Å². The fourth-order valence-electron chi connectivity index (χ4n) is 2.37. The van der Waals surface area contributed by atoms with Gasteiger partial charge in [-0.2, -0.15) is 0 Å². The van der Waals surface area contributed by atoms with Gasteiger partial charge in [-0.15, -0.1) is 0 Å². The minimum Gasteiger partial charge on any atom is -0.508 e. The molecule has 4 N–H and O–H groups in total. The lowest BCUT2D eigenvalue weighted by Gasteiger charge is -2.04. The van der Waals surface area contributed by atoms with Gasteiger partial charge < -0.3 is 30.2 Å². The van der Waals surface area contributed by atoms with Crippen molar-refractivity contribution in [2.45, 2.75) is 71.3 Å². The molecule has 1 atom stereocenters. The molecule has 1 aliphatic heterocycles. The molecule has 0 spiro atoms.